The summed E-state index contributed by atoms with van der Waals surface area (Å²) in [6.07, 6.45) is 3.12. The van der Waals surface area contributed by atoms with Gasteiger partial charge in [-0.15, -0.1) is 0 Å². The Kier molecular flexibility index (Phi) is 3.60. The van der Waals surface area contributed by atoms with Crippen molar-refractivity contribution in [3.63, 3.8) is 0 Å². The molecule has 1 aliphatic rings. The van der Waals surface area contributed by atoms with E-state index in [1.54, 1.807) is 7.11 Å². The molecule has 1 aliphatic heterocycles. The van der Waals surface area contributed by atoms with Crippen LogP contribution in [0.1, 0.15) is 6.42 Å². The molecule has 0 aliphatic carbocycles. The molecule has 1 saturated heterocycles. The van der Waals surface area contributed by atoms with Crippen molar-refractivity contribution < 1.29 is 4.74 Å². The van der Waals surface area contributed by atoms with Gasteiger partial charge in [0.1, 0.15) is 11.6 Å². The molecule has 0 radical (unpaired) electrons. The van der Waals surface area contributed by atoms with E-state index in [1.807, 2.05) is 18.3 Å². The van der Waals surface area contributed by atoms with Gasteiger partial charge in [-0.3, -0.25) is 0 Å². The predicted octanol–water partition coefficient (Wildman–Crippen LogP) is 3.46. The Balaban J connectivity index is 2.00. The van der Waals surface area contributed by atoms with Gasteiger partial charge in [-0.1, -0.05) is 15.9 Å². The third-order valence-electron chi connectivity index (χ3n) is 3.75. The summed E-state index contributed by atoms with van der Waals surface area (Å²) in [6.45, 7) is 2.18. The Morgan fingerprint density at radius 2 is 2.32 bits per heavy atom. The molecule has 1 aromatic carbocycles. The minimum atomic E-state index is 0.732. The van der Waals surface area contributed by atoms with Crippen LogP contribution >= 0.6 is 15.9 Å². The predicted molar refractivity (Wildman–Crippen MR) is 82.4 cm³/mol. The van der Waals surface area contributed by atoms with Crippen LogP contribution in [0.25, 0.3) is 10.8 Å². The Bertz CT molecular complexity index is 587. The first kappa shape index (κ1) is 12.7. The summed E-state index contributed by atoms with van der Waals surface area (Å²) in [7, 11) is 1.70. The number of fused-ring (bicyclic) bond motifs is 1. The number of alkyl halides is 1. The van der Waals surface area contributed by atoms with Crippen molar-refractivity contribution in [1.29, 1.82) is 0 Å². The molecule has 1 unspecified atom stereocenters. The lowest BCUT2D eigenvalue weighted by atomic mass is 10.1. The van der Waals surface area contributed by atoms with Crippen molar-refractivity contribution >= 4 is 32.5 Å². The maximum Gasteiger partial charge on any atom is 0.136 e. The zero-order chi connectivity index (χ0) is 13.2. The summed E-state index contributed by atoms with van der Waals surface area (Å²) >= 11 is 3.58. The van der Waals surface area contributed by atoms with Crippen LogP contribution in [0.3, 0.4) is 0 Å². The molecule has 3 nitrogen and oxygen atoms in total. The van der Waals surface area contributed by atoms with E-state index in [1.165, 1.54) is 17.2 Å². The molecular formula is C15H17BrN2O. The van der Waals surface area contributed by atoms with Crippen LogP contribution in [-0.2, 0) is 0 Å². The number of pyridine rings is 1. The molecule has 0 bridgehead atoms. The molecule has 4 heteroatoms. The molecule has 1 fully saturated rings. The van der Waals surface area contributed by atoms with Gasteiger partial charge in [0.25, 0.3) is 0 Å². The number of aromatic nitrogens is 1. The fourth-order valence-electron chi connectivity index (χ4n) is 2.67. The molecule has 0 saturated carbocycles. The molecule has 0 spiro atoms. The number of anilines is 1. The van der Waals surface area contributed by atoms with Gasteiger partial charge in [0.15, 0.2) is 0 Å². The smallest absolute Gasteiger partial charge is 0.136 e. The van der Waals surface area contributed by atoms with Crippen LogP contribution in [0.2, 0.25) is 0 Å². The normalized spacial score (nSPS) is 19.1. The lowest BCUT2D eigenvalue weighted by Crippen LogP contribution is -2.21. The van der Waals surface area contributed by atoms with E-state index >= 15 is 0 Å². The molecule has 2 heterocycles. The first-order valence-electron chi connectivity index (χ1n) is 6.55. The van der Waals surface area contributed by atoms with Crippen molar-refractivity contribution in [2.45, 2.75) is 6.42 Å². The Labute approximate surface area is 121 Å². The van der Waals surface area contributed by atoms with Gasteiger partial charge >= 0.3 is 0 Å². The second kappa shape index (κ2) is 5.37. The summed E-state index contributed by atoms with van der Waals surface area (Å²) in [6, 6.07) is 8.22. The summed E-state index contributed by atoms with van der Waals surface area (Å²) in [5.41, 5.74) is 0. The molecule has 0 N–H and O–H groups in total. The highest BCUT2D eigenvalue weighted by Crippen LogP contribution is 2.31. The SMILES string of the molecule is COc1ccc2c(N3CCC(CBr)C3)nccc2c1. The molecule has 2 aromatic rings. The van der Waals surface area contributed by atoms with Gasteiger partial charge in [-0.2, -0.15) is 0 Å². The molecule has 1 atom stereocenters. The molecule has 19 heavy (non-hydrogen) atoms. The van der Waals surface area contributed by atoms with Crippen LogP contribution in [0.15, 0.2) is 30.5 Å². The average Bonchev–Trinajstić information content (AvgIpc) is 2.94. The number of hydrogen-bond donors (Lipinski definition) is 0. The van der Waals surface area contributed by atoms with E-state index < -0.39 is 0 Å². The monoisotopic (exact) mass is 320 g/mol. The molecule has 1 aromatic heterocycles. The van der Waals surface area contributed by atoms with E-state index in [4.69, 9.17) is 4.74 Å². The van der Waals surface area contributed by atoms with Crippen LogP contribution in [0.5, 0.6) is 5.75 Å². The van der Waals surface area contributed by atoms with Crippen LogP contribution in [0.4, 0.5) is 5.82 Å². The van der Waals surface area contributed by atoms with Gasteiger partial charge in [0, 0.05) is 30.0 Å². The zero-order valence-electron chi connectivity index (χ0n) is 11.0. The van der Waals surface area contributed by atoms with Crippen molar-refractivity contribution in [1.82, 2.24) is 4.98 Å². The number of nitrogens with zero attached hydrogens (tertiary/aromatic N) is 2. The summed E-state index contributed by atoms with van der Waals surface area (Å²) < 4.78 is 5.28. The van der Waals surface area contributed by atoms with E-state index in [9.17, 15) is 0 Å². The van der Waals surface area contributed by atoms with Crippen LogP contribution in [-0.4, -0.2) is 30.5 Å². The maximum atomic E-state index is 5.28. The van der Waals surface area contributed by atoms with Crippen LogP contribution < -0.4 is 9.64 Å². The highest BCUT2D eigenvalue weighted by Gasteiger charge is 2.23. The molecular weight excluding hydrogens is 304 g/mol. The Hall–Kier alpha value is -1.29. The highest BCUT2D eigenvalue weighted by molar-refractivity contribution is 9.09. The number of rotatable bonds is 3. The Morgan fingerprint density at radius 3 is 3.05 bits per heavy atom. The van der Waals surface area contributed by atoms with Crippen molar-refractivity contribution in [3.05, 3.63) is 30.5 Å². The van der Waals surface area contributed by atoms with E-state index in [0.29, 0.717) is 0 Å². The van der Waals surface area contributed by atoms with Gasteiger partial charge in [-0.25, -0.2) is 4.98 Å². The lowest BCUT2D eigenvalue weighted by molar-refractivity contribution is 0.415. The van der Waals surface area contributed by atoms with Crippen molar-refractivity contribution in [2.24, 2.45) is 5.92 Å². The van der Waals surface area contributed by atoms with Gasteiger partial charge in [0.05, 0.1) is 7.11 Å². The van der Waals surface area contributed by atoms with Crippen molar-refractivity contribution in [3.8, 4) is 5.75 Å². The summed E-state index contributed by atoms with van der Waals surface area (Å²) in [4.78, 5) is 6.97. The highest BCUT2D eigenvalue weighted by atomic mass is 79.9. The zero-order valence-corrected chi connectivity index (χ0v) is 12.6. The quantitative estimate of drug-likeness (QED) is 0.810. The first-order chi connectivity index (χ1) is 9.31. The standard InChI is InChI=1S/C15H17BrN2O/c1-19-13-2-3-14-12(8-13)4-6-17-15(14)18-7-5-11(9-16)10-18/h2-4,6,8,11H,5,7,9-10H2,1H3. The third kappa shape index (κ3) is 2.41. The van der Waals surface area contributed by atoms with Gasteiger partial charge in [-0.05, 0) is 42.0 Å². The summed E-state index contributed by atoms with van der Waals surface area (Å²) in [5, 5.41) is 3.47. The van der Waals surface area contributed by atoms with E-state index in [2.05, 4.69) is 37.9 Å². The lowest BCUT2D eigenvalue weighted by Gasteiger charge is -2.19. The topological polar surface area (TPSA) is 25.4 Å². The van der Waals surface area contributed by atoms with E-state index in [-0.39, 0.29) is 0 Å². The number of ether oxygens (including phenoxy) is 1. The second-order valence-corrected chi connectivity index (χ2v) is 5.62. The minimum Gasteiger partial charge on any atom is -0.497 e. The number of benzene rings is 1. The number of methoxy groups -OCH3 is 1. The van der Waals surface area contributed by atoms with E-state index in [0.717, 1.165) is 35.9 Å². The maximum absolute atomic E-state index is 5.28. The average molecular weight is 321 g/mol. The van der Waals surface area contributed by atoms with Crippen molar-refractivity contribution in [2.75, 3.05) is 30.4 Å². The number of hydrogen-bond acceptors (Lipinski definition) is 3. The van der Waals surface area contributed by atoms with Gasteiger partial charge in [0.2, 0.25) is 0 Å². The largest absolute Gasteiger partial charge is 0.497 e. The number of halogens is 1. The fraction of sp³-hybridized carbons (Fsp3) is 0.400. The van der Waals surface area contributed by atoms with Gasteiger partial charge < -0.3 is 9.64 Å². The second-order valence-electron chi connectivity index (χ2n) is 4.98. The fourth-order valence-corrected chi connectivity index (χ4v) is 3.20. The summed E-state index contributed by atoms with van der Waals surface area (Å²) in [5.74, 6) is 2.73. The first-order valence-corrected chi connectivity index (χ1v) is 7.67. The van der Waals surface area contributed by atoms with Crippen LogP contribution in [0, 0.1) is 5.92 Å². The molecule has 0 amide bonds. The Morgan fingerprint density at radius 1 is 1.42 bits per heavy atom. The molecule has 100 valence electrons. The third-order valence-corrected chi connectivity index (χ3v) is 4.67. The molecule has 3 rings (SSSR count). The minimum absolute atomic E-state index is 0.732.